The smallest absolute Gasteiger partial charge is 0.291 e. The maximum absolute atomic E-state index is 12.0. The van der Waals surface area contributed by atoms with Crippen LogP contribution in [0, 0.1) is 0 Å². The summed E-state index contributed by atoms with van der Waals surface area (Å²) in [7, 11) is 0. The molecule has 2 N–H and O–H groups in total. The molecule has 94 valence electrons. The minimum Gasteiger partial charge on any atom is -0.381 e. The SMILES string of the molecule is CCc1nc(C(=O)NC2(C)CCOCC2)n[nH]1. The van der Waals surface area contributed by atoms with Crippen molar-refractivity contribution in [1.29, 1.82) is 0 Å². The van der Waals surface area contributed by atoms with Crippen molar-refractivity contribution < 1.29 is 9.53 Å². The predicted molar refractivity (Wildman–Crippen MR) is 61.7 cm³/mol. The maximum atomic E-state index is 12.0. The summed E-state index contributed by atoms with van der Waals surface area (Å²) in [4.78, 5) is 16.1. The summed E-state index contributed by atoms with van der Waals surface area (Å²) in [6.45, 7) is 5.36. The molecule has 1 fully saturated rings. The fourth-order valence-corrected chi connectivity index (χ4v) is 1.83. The first-order chi connectivity index (χ1) is 8.13. The number of carbonyl (C=O) groups is 1. The van der Waals surface area contributed by atoms with E-state index in [1.165, 1.54) is 0 Å². The number of aryl methyl sites for hydroxylation is 1. The molecule has 2 rings (SSSR count). The van der Waals surface area contributed by atoms with Crippen molar-refractivity contribution >= 4 is 5.91 Å². The van der Waals surface area contributed by atoms with E-state index in [0.717, 1.165) is 25.1 Å². The molecule has 1 aliphatic heterocycles. The molecule has 0 atom stereocenters. The van der Waals surface area contributed by atoms with Gasteiger partial charge in [0.15, 0.2) is 0 Å². The minimum atomic E-state index is -0.217. The van der Waals surface area contributed by atoms with Crippen LogP contribution in [-0.4, -0.2) is 39.8 Å². The Hall–Kier alpha value is -1.43. The van der Waals surface area contributed by atoms with Crippen LogP contribution >= 0.6 is 0 Å². The second kappa shape index (κ2) is 4.83. The highest BCUT2D eigenvalue weighted by molar-refractivity contribution is 5.90. The van der Waals surface area contributed by atoms with E-state index in [2.05, 4.69) is 20.5 Å². The number of ether oxygens (including phenoxy) is 1. The Balaban J connectivity index is 2.00. The molecule has 0 aliphatic carbocycles. The van der Waals surface area contributed by atoms with Gasteiger partial charge in [0, 0.05) is 25.2 Å². The molecule has 1 aliphatic rings. The van der Waals surface area contributed by atoms with Gasteiger partial charge >= 0.3 is 0 Å². The van der Waals surface area contributed by atoms with Crippen LogP contribution in [0.5, 0.6) is 0 Å². The number of amides is 1. The highest BCUT2D eigenvalue weighted by atomic mass is 16.5. The van der Waals surface area contributed by atoms with Crippen molar-refractivity contribution in [2.45, 2.75) is 38.6 Å². The third-order valence-electron chi connectivity index (χ3n) is 3.08. The van der Waals surface area contributed by atoms with E-state index in [1.807, 2.05) is 13.8 Å². The summed E-state index contributed by atoms with van der Waals surface area (Å²) in [5, 5.41) is 9.63. The molecule has 0 spiro atoms. The van der Waals surface area contributed by atoms with E-state index in [9.17, 15) is 4.79 Å². The number of hydrogen-bond acceptors (Lipinski definition) is 4. The van der Waals surface area contributed by atoms with Gasteiger partial charge in [-0.05, 0) is 19.8 Å². The quantitative estimate of drug-likeness (QED) is 0.811. The first kappa shape index (κ1) is 12.0. The van der Waals surface area contributed by atoms with E-state index in [0.29, 0.717) is 13.2 Å². The standard InChI is InChI=1S/C11H18N4O2/c1-3-8-12-9(15-14-8)10(16)13-11(2)4-6-17-7-5-11/h3-7H2,1-2H3,(H,13,16)(H,12,14,15). The monoisotopic (exact) mass is 238 g/mol. The van der Waals surface area contributed by atoms with Crippen LogP contribution in [0.25, 0.3) is 0 Å². The number of nitrogens with one attached hydrogen (secondary N) is 2. The number of H-pyrrole nitrogens is 1. The molecule has 0 saturated carbocycles. The molecule has 0 aromatic carbocycles. The molecule has 0 radical (unpaired) electrons. The van der Waals surface area contributed by atoms with E-state index in [1.54, 1.807) is 0 Å². The molecule has 1 amide bonds. The summed E-state index contributed by atoms with van der Waals surface area (Å²) in [5.74, 6) is 0.729. The summed E-state index contributed by atoms with van der Waals surface area (Å²) in [6, 6.07) is 0. The van der Waals surface area contributed by atoms with Gasteiger partial charge in [-0.25, -0.2) is 4.98 Å². The Morgan fingerprint density at radius 2 is 2.24 bits per heavy atom. The minimum absolute atomic E-state index is 0.206. The first-order valence-corrected chi connectivity index (χ1v) is 5.94. The van der Waals surface area contributed by atoms with Crippen LogP contribution in [0.1, 0.15) is 43.1 Å². The van der Waals surface area contributed by atoms with Crippen LogP contribution in [0.4, 0.5) is 0 Å². The fraction of sp³-hybridized carbons (Fsp3) is 0.727. The zero-order valence-corrected chi connectivity index (χ0v) is 10.2. The molecule has 0 unspecified atom stereocenters. The summed E-state index contributed by atoms with van der Waals surface area (Å²) in [5.41, 5.74) is -0.206. The summed E-state index contributed by atoms with van der Waals surface area (Å²) >= 11 is 0. The number of nitrogens with zero attached hydrogens (tertiary/aromatic N) is 2. The molecule has 6 nitrogen and oxygen atoms in total. The van der Waals surface area contributed by atoms with Crippen molar-refractivity contribution in [1.82, 2.24) is 20.5 Å². The third-order valence-corrected chi connectivity index (χ3v) is 3.08. The third kappa shape index (κ3) is 2.82. The number of aromatic amines is 1. The first-order valence-electron chi connectivity index (χ1n) is 5.94. The van der Waals surface area contributed by atoms with Gasteiger partial charge in [-0.2, -0.15) is 0 Å². The second-order valence-electron chi connectivity index (χ2n) is 4.59. The van der Waals surface area contributed by atoms with Crippen molar-refractivity contribution in [3.8, 4) is 0 Å². The Kier molecular flexibility index (Phi) is 3.42. The van der Waals surface area contributed by atoms with Crippen LogP contribution < -0.4 is 5.32 Å². The van der Waals surface area contributed by atoms with Crippen LogP contribution in [-0.2, 0) is 11.2 Å². The fourth-order valence-electron chi connectivity index (χ4n) is 1.83. The molecule has 2 heterocycles. The molecule has 17 heavy (non-hydrogen) atoms. The van der Waals surface area contributed by atoms with Gasteiger partial charge in [0.25, 0.3) is 5.91 Å². The predicted octanol–water partition coefficient (Wildman–Crippen LogP) is 0.666. The van der Waals surface area contributed by atoms with Crippen molar-refractivity contribution in [3.05, 3.63) is 11.6 Å². The average Bonchev–Trinajstić information content (AvgIpc) is 2.78. The van der Waals surface area contributed by atoms with Crippen molar-refractivity contribution in [3.63, 3.8) is 0 Å². The van der Waals surface area contributed by atoms with Crippen molar-refractivity contribution in [2.24, 2.45) is 0 Å². The summed E-state index contributed by atoms with van der Waals surface area (Å²) in [6.07, 6.45) is 2.39. The zero-order chi connectivity index (χ0) is 12.3. The van der Waals surface area contributed by atoms with Gasteiger partial charge in [-0.3, -0.25) is 9.89 Å². The Morgan fingerprint density at radius 1 is 1.53 bits per heavy atom. The Bertz CT molecular complexity index is 396. The van der Waals surface area contributed by atoms with E-state index < -0.39 is 0 Å². The van der Waals surface area contributed by atoms with E-state index in [-0.39, 0.29) is 17.3 Å². The van der Waals surface area contributed by atoms with E-state index in [4.69, 9.17) is 4.74 Å². The summed E-state index contributed by atoms with van der Waals surface area (Å²) < 4.78 is 5.28. The van der Waals surface area contributed by atoms with E-state index >= 15 is 0 Å². The lowest BCUT2D eigenvalue weighted by atomic mass is 9.92. The van der Waals surface area contributed by atoms with Gasteiger partial charge in [0.2, 0.25) is 5.82 Å². The van der Waals surface area contributed by atoms with Gasteiger partial charge < -0.3 is 10.1 Å². The molecule has 1 aromatic heterocycles. The largest absolute Gasteiger partial charge is 0.381 e. The maximum Gasteiger partial charge on any atom is 0.291 e. The molecule has 0 bridgehead atoms. The number of aromatic nitrogens is 3. The van der Waals surface area contributed by atoms with Crippen LogP contribution in [0.15, 0.2) is 0 Å². The molecule has 1 aromatic rings. The second-order valence-corrected chi connectivity index (χ2v) is 4.59. The molecule has 1 saturated heterocycles. The number of carbonyl (C=O) groups excluding carboxylic acids is 1. The Morgan fingerprint density at radius 3 is 2.82 bits per heavy atom. The van der Waals surface area contributed by atoms with Gasteiger partial charge in [-0.1, -0.05) is 6.92 Å². The van der Waals surface area contributed by atoms with Gasteiger partial charge in [-0.15, -0.1) is 5.10 Å². The number of rotatable bonds is 3. The molecular formula is C11H18N4O2. The van der Waals surface area contributed by atoms with Gasteiger partial charge in [0.1, 0.15) is 5.82 Å². The normalized spacial score (nSPS) is 18.9. The average molecular weight is 238 g/mol. The zero-order valence-electron chi connectivity index (χ0n) is 10.2. The topological polar surface area (TPSA) is 79.9 Å². The van der Waals surface area contributed by atoms with Crippen LogP contribution in [0.3, 0.4) is 0 Å². The highest BCUT2D eigenvalue weighted by Crippen LogP contribution is 2.19. The van der Waals surface area contributed by atoms with Crippen molar-refractivity contribution in [2.75, 3.05) is 13.2 Å². The highest BCUT2D eigenvalue weighted by Gasteiger charge is 2.30. The Labute approximate surface area is 100 Å². The lowest BCUT2D eigenvalue weighted by molar-refractivity contribution is 0.0419. The van der Waals surface area contributed by atoms with Gasteiger partial charge in [0.05, 0.1) is 0 Å². The lowest BCUT2D eigenvalue weighted by Crippen LogP contribution is -2.49. The van der Waals surface area contributed by atoms with Crippen LogP contribution in [0.2, 0.25) is 0 Å². The number of hydrogen-bond donors (Lipinski definition) is 2. The molecule has 6 heteroatoms. The lowest BCUT2D eigenvalue weighted by Gasteiger charge is -2.33. The molecular weight excluding hydrogens is 220 g/mol.